The van der Waals surface area contributed by atoms with Crippen LogP contribution in [0.25, 0.3) is 0 Å². The minimum absolute atomic E-state index is 0.0731. The Morgan fingerprint density at radius 3 is 2.04 bits per heavy atom. The number of hydrogen-bond donors (Lipinski definition) is 1. The molecule has 0 bridgehead atoms. The van der Waals surface area contributed by atoms with Crippen LogP contribution in [0, 0.1) is 5.92 Å². The van der Waals surface area contributed by atoms with Gasteiger partial charge in [-0.25, -0.2) is 0 Å². The van der Waals surface area contributed by atoms with Gasteiger partial charge in [0.25, 0.3) is 5.91 Å². The number of nitrogens with zero attached hydrogens (tertiary/aromatic N) is 3. The van der Waals surface area contributed by atoms with Crippen molar-refractivity contribution in [3.05, 3.63) is 0 Å². The van der Waals surface area contributed by atoms with Crippen LogP contribution in [-0.4, -0.2) is 84.3 Å². The van der Waals surface area contributed by atoms with Crippen LogP contribution in [0.4, 0.5) is 0 Å². The molecule has 0 heterocycles. The second-order valence-electron chi connectivity index (χ2n) is 7.28. The maximum Gasteiger partial charge on any atom is 0.256 e. The summed E-state index contributed by atoms with van der Waals surface area (Å²) in [5.41, 5.74) is 5.52. The molecule has 0 aromatic rings. The lowest BCUT2D eigenvalue weighted by Crippen LogP contribution is -2.53. The molecule has 0 aliphatic carbocycles. The summed E-state index contributed by atoms with van der Waals surface area (Å²) in [5.74, 6) is 0.0734. The normalized spacial score (nSPS) is 13.6. The first-order chi connectivity index (χ1) is 12.0. The first-order valence-corrected chi connectivity index (χ1v) is 10.2. The first kappa shape index (κ1) is 24.7. The van der Waals surface area contributed by atoms with Crippen molar-refractivity contribution in [2.45, 2.75) is 51.4 Å². The Morgan fingerprint density at radius 1 is 1.04 bits per heavy atom. The highest BCUT2D eigenvalue weighted by Gasteiger charge is 2.34. The van der Waals surface area contributed by atoms with Crippen LogP contribution in [-0.2, 0) is 14.4 Å². The molecular formula is C18H36N4O3S. The number of hydrogen-bond acceptors (Lipinski definition) is 5. The number of thioether (sulfide) groups is 1. The Labute approximate surface area is 162 Å². The number of likely N-dealkylation sites (N-methyl/N-ethyl adjacent to an activating group) is 2. The molecule has 152 valence electrons. The molecule has 2 atom stereocenters. The summed E-state index contributed by atoms with van der Waals surface area (Å²) in [6, 6.07) is -0.672. The van der Waals surface area contributed by atoms with Crippen molar-refractivity contribution >= 4 is 29.5 Å². The summed E-state index contributed by atoms with van der Waals surface area (Å²) in [5, 5.41) is -0.659. The van der Waals surface area contributed by atoms with E-state index in [-0.39, 0.29) is 17.7 Å². The van der Waals surface area contributed by atoms with Gasteiger partial charge >= 0.3 is 0 Å². The molecule has 0 rings (SSSR count). The van der Waals surface area contributed by atoms with Crippen molar-refractivity contribution < 1.29 is 14.4 Å². The monoisotopic (exact) mass is 388 g/mol. The van der Waals surface area contributed by atoms with E-state index in [1.807, 2.05) is 39.8 Å². The number of carbonyl (C=O) groups is 3. The van der Waals surface area contributed by atoms with Crippen molar-refractivity contribution in [3.8, 4) is 0 Å². The molecule has 3 amide bonds. The third kappa shape index (κ3) is 8.40. The lowest BCUT2D eigenvalue weighted by atomic mass is 10.0. The highest BCUT2D eigenvalue weighted by Crippen LogP contribution is 2.21. The zero-order valence-electron chi connectivity index (χ0n) is 17.3. The minimum Gasteiger partial charge on any atom is -0.368 e. The van der Waals surface area contributed by atoms with Crippen LogP contribution >= 0.6 is 11.8 Å². The molecule has 0 aromatic carbocycles. The Morgan fingerprint density at radius 2 is 1.62 bits per heavy atom. The highest BCUT2D eigenvalue weighted by molar-refractivity contribution is 8.00. The third-order valence-electron chi connectivity index (χ3n) is 4.07. The van der Waals surface area contributed by atoms with Gasteiger partial charge in [-0.05, 0) is 32.9 Å². The molecule has 0 saturated carbocycles. The molecule has 8 heteroatoms. The number of amides is 3. The van der Waals surface area contributed by atoms with E-state index in [1.54, 1.807) is 14.1 Å². The van der Waals surface area contributed by atoms with Crippen LogP contribution in [0.15, 0.2) is 0 Å². The van der Waals surface area contributed by atoms with Gasteiger partial charge in [-0.15, -0.1) is 11.8 Å². The number of nitrogens with two attached hydrogens (primary N) is 1. The quantitative estimate of drug-likeness (QED) is 0.508. The molecule has 0 aromatic heterocycles. The average Bonchev–Trinajstić information content (AvgIpc) is 2.54. The summed E-state index contributed by atoms with van der Waals surface area (Å²) in [4.78, 5) is 42.2. The van der Waals surface area contributed by atoms with Crippen LogP contribution in [0.3, 0.4) is 0 Å². The fourth-order valence-electron chi connectivity index (χ4n) is 2.46. The second kappa shape index (κ2) is 12.2. The van der Waals surface area contributed by atoms with Gasteiger partial charge in [-0.1, -0.05) is 20.8 Å². The summed E-state index contributed by atoms with van der Waals surface area (Å²) in [6.45, 7) is 6.68. The summed E-state index contributed by atoms with van der Waals surface area (Å²) < 4.78 is 0. The number of primary amides is 1. The van der Waals surface area contributed by atoms with E-state index in [1.165, 1.54) is 21.6 Å². The van der Waals surface area contributed by atoms with E-state index in [0.717, 1.165) is 13.0 Å². The second-order valence-corrected chi connectivity index (χ2v) is 8.47. The van der Waals surface area contributed by atoms with Crippen LogP contribution in [0.5, 0.6) is 0 Å². The van der Waals surface area contributed by atoms with Gasteiger partial charge in [0, 0.05) is 32.8 Å². The summed E-state index contributed by atoms with van der Waals surface area (Å²) in [7, 11) is 7.17. The van der Waals surface area contributed by atoms with Crippen molar-refractivity contribution in [3.63, 3.8) is 0 Å². The van der Waals surface area contributed by atoms with E-state index in [9.17, 15) is 14.4 Å². The molecular weight excluding hydrogens is 352 g/mol. The maximum atomic E-state index is 13.1. The van der Waals surface area contributed by atoms with Crippen molar-refractivity contribution in [2.24, 2.45) is 11.7 Å². The van der Waals surface area contributed by atoms with E-state index >= 15 is 0 Å². The van der Waals surface area contributed by atoms with Crippen molar-refractivity contribution in [2.75, 3.05) is 40.5 Å². The van der Waals surface area contributed by atoms with Crippen molar-refractivity contribution in [1.29, 1.82) is 0 Å². The SMILES string of the molecule is CCCC(=O)N(C)[C@H](SCCN(C)C)C(=O)N(C)[C@@H](CC(C)C)C(N)=O. The fraction of sp³-hybridized carbons (Fsp3) is 0.833. The molecule has 0 aliphatic rings. The van der Waals surface area contributed by atoms with Gasteiger partial charge in [0.2, 0.25) is 11.8 Å². The molecule has 0 fully saturated rings. The Balaban J connectivity index is 5.37. The summed E-state index contributed by atoms with van der Waals surface area (Å²) in [6.07, 6.45) is 1.61. The fourth-order valence-corrected chi connectivity index (χ4v) is 3.80. The molecule has 2 N–H and O–H groups in total. The Hall–Kier alpha value is -1.28. The molecule has 26 heavy (non-hydrogen) atoms. The molecule has 0 saturated heterocycles. The van der Waals surface area contributed by atoms with Crippen LogP contribution in [0.2, 0.25) is 0 Å². The van der Waals surface area contributed by atoms with Gasteiger partial charge in [-0.2, -0.15) is 0 Å². The van der Waals surface area contributed by atoms with Gasteiger partial charge in [0.1, 0.15) is 6.04 Å². The standard InChI is InChI=1S/C18H36N4O3S/c1-8-9-15(23)22(7)18(26-11-10-20(4)5)17(25)21(6)14(16(19)24)12-13(2)3/h13-14,18H,8-12H2,1-7H3,(H2,19,24)/t14-,18+/m0/s1. The topological polar surface area (TPSA) is 87.0 Å². The van der Waals surface area contributed by atoms with E-state index in [0.29, 0.717) is 18.6 Å². The number of carbonyl (C=O) groups excluding carboxylic acids is 3. The van der Waals surface area contributed by atoms with E-state index < -0.39 is 17.3 Å². The molecule has 0 unspecified atom stereocenters. The zero-order valence-corrected chi connectivity index (χ0v) is 18.1. The summed E-state index contributed by atoms with van der Waals surface area (Å²) >= 11 is 1.42. The molecule has 0 radical (unpaired) electrons. The van der Waals surface area contributed by atoms with E-state index in [4.69, 9.17) is 5.73 Å². The van der Waals surface area contributed by atoms with E-state index in [2.05, 4.69) is 0 Å². The maximum absolute atomic E-state index is 13.1. The largest absolute Gasteiger partial charge is 0.368 e. The molecule has 7 nitrogen and oxygen atoms in total. The predicted octanol–water partition coefficient (Wildman–Crippen LogP) is 1.22. The van der Waals surface area contributed by atoms with Gasteiger partial charge in [0.05, 0.1) is 0 Å². The Bertz CT molecular complexity index is 471. The lowest BCUT2D eigenvalue weighted by Gasteiger charge is -2.34. The lowest BCUT2D eigenvalue weighted by molar-refractivity contribution is -0.144. The van der Waals surface area contributed by atoms with Crippen LogP contribution < -0.4 is 5.73 Å². The molecule has 0 aliphatic heterocycles. The van der Waals surface area contributed by atoms with Gasteiger partial charge in [0.15, 0.2) is 5.37 Å². The zero-order chi connectivity index (χ0) is 20.4. The van der Waals surface area contributed by atoms with Gasteiger partial charge in [-0.3, -0.25) is 14.4 Å². The highest BCUT2D eigenvalue weighted by atomic mass is 32.2. The van der Waals surface area contributed by atoms with Gasteiger partial charge < -0.3 is 20.4 Å². The third-order valence-corrected chi connectivity index (χ3v) is 5.32. The smallest absolute Gasteiger partial charge is 0.256 e. The Kier molecular flexibility index (Phi) is 11.6. The first-order valence-electron chi connectivity index (χ1n) is 9.10. The van der Waals surface area contributed by atoms with Crippen molar-refractivity contribution in [1.82, 2.24) is 14.7 Å². The predicted molar refractivity (Wildman–Crippen MR) is 108 cm³/mol. The number of rotatable bonds is 12. The van der Waals surface area contributed by atoms with Crippen LogP contribution in [0.1, 0.15) is 40.0 Å². The molecule has 0 spiro atoms. The minimum atomic E-state index is -0.672. The average molecular weight is 389 g/mol.